The third kappa shape index (κ3) is 3.74. The number of amides is 1. The van der Waals surface area contributed by atoms with Crippen molar-refractivity contribution in [2.75, 3.05) is 24.5 Å². The van der Waals surface area contributed by atoms with Crippen LogP contribution in [-0.4, -0.2) is 46.5 Å². The maximum Gasteiger partial charge on any atom is 0.226 e. The van der Waals surface area contributed by atoms with Crippen molar-refractivity contribution in [3.8, 4) is 17.2 Å². The van der Waals surface area contributed by atoms with Crippen LogP contribution in [0.3, 0.4) is 0 Å². The number of fused-ring (bicyclic) bond motifs is 1. The minimum absolute atomic E-state index is 0.249. The monoisotopic (exact) mass is 463 g/mol. The number of carbonyl (C=O) groups is 1. The molecule has 35 heavy (non-hydrogen) atoms. The summed E-state index contributed by atoms with van der Waals surface area (Å²) in [6, 6.07) is 15.0. The largest absolute Gasteiger partial charge is 0.352 e. The number of aromatic nitrogens is 2. The van der Waals surface area contributed by atoms with Gasteiger partial charge in [-0.15, -0.1) is 0 Å². The second-order valence-electron chi connectivity index (χ2n) is 10.7. The third-order valence-electron chi connectivity index (χ3n) is 8.15. The van der Waals surface area contributed by atoms with Gasteiger partial charge in [-0.1, -0.05) is 18.2 Å². The zero-order chi connectivity index (χ0) is 23.5. The van der Waals surface area contributed by atoms with Gasteiger partial charge in [0, 0.05) is 48.6 Å². The van der Waals surface area contributed by atoms with Gasteiger partial charge in [-0.05, 0) is 68.2 Å². The third-order valence-corrected chi connectivity index (χ3v) is 8.15. The minimum atomic E-state index is 0.249. The van der Waals surface area contributed by atoms with Crippen molar-refractivity contribution in [1.29, 1.82) is 5.26 Å². The van der Waals surface area contributed by atoms with Crippen molar-refractivity contribution in [3.63, 3.8) is 0 Å². The fourth-order valence-corrected chi connectivity index (χ4v) is 5.78. The Balaban J connectivity index is 1.28. The molecule has 1 atom stereocenters. The maximum absolute atomic E-state index is 13.0. The SMILES string of the molecule is N#Cc1cc(-c2ccnc3ccccc23)c(C2CC2)nc1N1CCN(C(=O)C2CC2)C(C2CC2)C1. The molecule has 3 aliphatic carbocycles. The predicted octanol–water partition coefficient (Wildman–Crippen LogP) is 4.88. The molecule has 7 rings (SSSR count). The molecule has 0 bridgehead atoms. The summed E-state index contributed by atoms with van der Waals surface area (Å²) in [5.41, 5.74) is 4.85. The lowest BCUT2D eigenvalue weighted by atomic mass is 9.96. The van der Waals surface area contributed by atoms with E-state index in [1.54, 1.807) is 0 Å². The van der Waals surface area contributed by atoms with Gasteiger partial charge in [0.15, 0.2) is 0 Å². The van der Waals surface area contributed by atoms with E-state index in [1.807, 2.05) is 24.4 Å². The van der Waals surface area contributed by atoms with Gasteiger partial charge in [0.05, 0.1) is 22.8 Å². The molecule has 0 N–H and O–H groups in total. The number of piperazine rings is 1. The first-order valence-corrected chi connectivity index (χ1v) is 13.1. The smallest absolute Gasteiger partial charge is 0.226 e. The van der Waals surface area contributed by atoms with Crippen molar-refractivity contribution >= 4 is 22.6 Å². The molecular formula is C29H29N5O. The summed E-state index contributed by atoms with van der Waals surface area (Å²) in [5, 5.41) is 11.3. The lowest BCUT2D eigenvalue weighted by Crippen LogP contribution is -2.57. The molecule has 1 aromatic carbocycles. The van der Waals surface area contributed by atoms with E-state index in [0.717, 1.165) is 78.9 Å². The molecule has 1 aliphatic heterocycles. The lowest BCUT2D eigenvalue weighted by molar-refractivity contribution is -0.135. The van der Waals surface area contributed by atoms with Gasteiger partial charge in [0.25, 0.3) is 0 Å². The number of benzene rings is 1. The first-order chi connectivity index (χ1) is 17.2. The second kappa shape index (κ2) is 8.05. The van der Waals surface area contributed by atoms with Crippen LogP contribution >= 0.6 is 0 Å². The summed E-state index contributed by atoms with van der Waals surface area (Å²) in [6.45, 7) is 2.26. The number of para-hydroxylation sites is 1. The summed E-state index contributed by atoms with van der Waals surface area (Å²) in [5.74, 6) is 2.46. The van der Waals surface area contributed by atoms with Crippen LogP contribution in [0.4, 0.5) is 5.82 Å². The van der Waals surface area contributed by atoms with Crippen molar-refractivity contribution in [3.05, 3.63) is 53.9 Å². The van der Waals surface area contributed by atoms with E-state index < -0.39 is 0 Å². The molecular weight excluding hydrogens is 434 g/mol. The highest BCUT2D eigenvalue weighted by molar-refractivity contribution is 5.95. The molecule has 3 heterocycles. The number of pyridine rings is 2. The van der Waals surface area contributed by atoms with Crippen LogP contribution < -0.4 is 4.90 Å². The van der Waals surface area contributed by atoms with Gasteiger partial charge in [-0.2, -0.15) is 5.26 Å². The Bertz CT molecular complexity index is 1360. The van der Waals surface area contributed by atoms with Crippen molar-refractivity contribution in [2.45, 2.75) is 50.5 Å². The zero-order valence-corrected chi connectivity index (χ0v) is 19.9. The molecule has 1 amide bonds. The molecule has 2 aromatic heterocycles. The van der Waals surface area contributed by atoms with Gasteiger partial charge in [-0.25, -0.2) is 4.98 Å². The zero-order valence-electron chi connectivity index (χ0n) is 19.9. The maximum atomic E-state index is 13.0. The Morgan fingerprint density at radius 1 is 1.00 bits per heavy atom. The van der Waals surface area contributed by atoms with E-state index in [9.17, 15) is 10.1 Å². The van der Waals surface area contributed by atoms with E-state index in [4.69, 9.17) is 4.98 Å². The topological polar surface area (TPSA) is 73.1 Å². The van der Waals surface area contributed by atoms with Gasteiger partial charge in [0.2, 0.25) is 5.91 Å². The van der Waals surface area contributed by atoms with Crippen LogP contribution in [-0.2, 0) is 4.79 Å². The fourth-order valence-electron chi connectivity index (χ4n) is 5.78. The average molecular weight is 464 g/mol. The molecule has 3 aromatic rings. The van der Waals surface area contributed by atoms with Crippen molar-refractivity contribution in [1.82, 2.24) is 14.9 Å². The molecule has 0 radical (unpaired) electrons. The average Bonchev–Trinajstić information content (AvgIpc) is 3.75. The van der Waals surface area contributed by atoms with Gasteiger partial charge in [0.1, 0.15) is 11.9 Å². The van der Waals surface area contributed by atoms with Crippen LogP contribution in [0.1, 0.15) is 55.7 Å². The van der Waals surface area contributed by atoms with E-state index in [1.165, 1.54) is 12.8 Å². The van der Waals surface area contributed by atoms with Crippen molar-refractivity contribution in [2.24, 2.45) is 11.8 Å². The number of anilines is 1. The number of hydrogen-bond acceptors (Lipinski definition) is 5. The number of nitrogens with zero attached hydrogens (tertiary/aromatic N) is 5. The molecule has 4 fully saturated rings. The summed E-state index contributed by atoms with van der Waals surface area (Å²) in [7, 11) is 0. The normalized spacial score (nSPS) is 22.3. The number of carbonyl (C=O) groups excluding carboxylic acids is 1. The standard InChI is InChI=1S/C29H29N5O/c30-16-21-15-24(22-11-12-31-25-4-2-1-3-23(22)25)27(19-7-8-19)32-28(21)33-13-14-34(29(35)20-9-10-20)26(17-33)18-5-6-18/h1-4,11-12,15,18-20,26H,5-10,13-14,17H2. The molecule has 3 saturated carbocycles. The molecule has 4 aliphatic rings. The second-order valence-corrected chi connectivity index (χ2v) is 10.7. The lowest BCUT2D eigenvalue weighted by Gasteiger charge is -2.43. The fraction of sp³-hybridized carbons (Fsp3) is 0.448. The number of hydrogen-bond donors (Lipinski definition) is 0. The van der Waals surface area contributed by atoms with E-state index in [2.05, 4.69) is 39.1 Å². The molecule has 6 nitrogen and oxygen atoms in total. The van der Waals surface area contributed by atoms with Gasteiger partial charge < -0.3 is 9.80 Å². The Kier molecular flexibility index (Phi) is 4.80. The van der Waals surface area contributed by atoms with E-state index in [-0.39, 0.29) is 12.0 Å². The first-order valence-electron chi connectivity index (χ1n) is 13.1. The molecule has 1 saturated heterocycles. The summed E-state index contributed by atoms with van der Waals surface area (Å²) < 4.78 is 0. The van der Waals surface area contributed by atoms with Crippen LogP contribution in [0.5, 0.6) is 0 Å². The van der Waals surface area contributed by atoms with Crippen LogP contribution in [0.15, 0.2) is 42.6 Å². The molecule has 0 spiro atoms. The van der Waals surface area contributed by atoms with E-state index >= 15 is 0 Å². The minimum Gasteiger partial charge on any atom is -0.352 e. The predicted molar refractivity (Wildman–Crippen MR) is 135 cm³/mol. The Labute approximate surface area is 205 Å². The summed E-state index contributed by atoms with van der Waals surface area (Å²) >= 11 is 0. The Hall–Kier alpha value is -3.46. The first kappa shape index (κ1) is 20.9. The van der Waals surface area contributed by atoms with Gasteiger partial charge >= 0.3 is 0 Å². The van der Waals surface area contributed by atoms with Crippen molar-refractivity contribution < 1.29 is 4.79 Å². The number of rotatable bonds is 5. The molecule has 1 unspecified atom stereocenters. The highest BCUT2D eigenvalue weighted by Gasteiger charge is 2.45. The Morgan fingerprint density at radius 2 is 1.83 bits per heavy atom. The quantitative estimate of drug-likeness (QED) is 0.539. The number of nitriles is 1. The van der Waals surface area contributed by atoms with Gasteiger partial charge in [-0.3, -0.25) is 9.78 Å². The van der Waals surface area contributed by atoms with Crippen LogP contribution in [0.2, 0.25) is 0 Å². The highest BCUT2D eigenvalue weighted by Crippen LogP contribution is 2.46. The summed E-state index contributed by atoms with van der Waals surface area (Å²) in [6.07, 6.45) is 8.63. The van der Waals surface area contributed by atoms with E-state index in [0.29, 0.717) is 23.3 Å². The molecule has 176 valence electrons. The van der Waals surface area contributed by atoms with Crippen LogP contribution in [0, 0.1) is 23.2 Å². The van der Waals surface area contributed by atoms with Crippen LogP contribution in [0.25, 0.3) is 22.0 Å². The summed E-state index contributed by atoms with van der Waals surface area (Å²) in [4.78, 5) is 27.2. The highest BCUT2D eigenvalue weighted by atomic mass is 16.2. The Morgan fingerprint density at radius 3 is 2.57 bits per heavy atom. The molecule has 6 heteroatoms.